The largest absolute Gasteiger partial charge is 0.464 e. The molecule has 0 aromatic carbocycles. The van der Waals surface area contributed by atoms with Crippen molar-refractivity contribution < 1.29 is 14.0 Å². The molecule has 0 unspecified atom stereocenters. The number of hydrogen-bond donors (Lipinski definition) is 0. The number of hydrazone groups is 1. The number of rotatable bonds is 5. The van der Waals surface area contributed by atoms with Crippen LogP contribution in [0.2, 0.25) is 0 Å². The van der Waals surface area contributed by atoms with Crippen molar-refractivity contribution in [1.82, 2.24) is 9.91 Å². The van der Waals surface area contributed by atoms with E-state index in [0.717, 1.165) is 24.4 Å². The number of hydrogen-bond acceptors (Lipinski definition) is 4. The van der Waals surface area contributed by atoms with Crippen LogP contribution in [0.3, 0.4) is 0 Å². The monoisotopic (exact) mass is 329 g/mol. The zero-order chi connectivity index (χ0) is 16.8. The van der Waals surface area contributed by atoms with Gasteiger partial charge in [0.1, 0.15) is 17.2 Å². The molecule has 2 amide bonds. The summed E-state index contributed by atoms with van der Waals surface area (Å²) in [6, 6.07) is 4.31. The van der Waals surface area contributed by atoms with Gasteiger partial charge in [-0.25, -0.2) is 5.01 Å². The molecule has 3 aliphatic rings. The first-order valence-corrected chi connectivity index (χ1v) is 8.76. The summed E-state index contributed by atoms with van der Waals surface area (Å²) in [6.07, 6.45) is 4.02. The van der Waals surface area contributed by atoms with Crippen molar-refractivity contribution in [1.29, 1.82) is 0 Å². The fourth-order valence-corrected chi connectivity index (χ4v) is 3.31. The van der Waals surface area contributed by atoms with E-state index in [9.17, 15) is 9.59 Å². The number of amides is 2. The van der Waals surface area contributed by atoms with Gasteiger partial charge in [-0.1, -0.05) is 6.92 Å². The molecular weight excluding hydrogens is 306 g/mol. The van der Waals surface area contributed by atoms with Gasteiger partial charge in [-0.15, -0.1) is 0 Å². The van der Waals surface area contributed by atoms with Crippen molar-refractivity contribution in [2.24, 2.45) is 11.0 Å². The maximum Gasteiger partial charge on any atom is 0.270 e. The number of carbonyl (C=O) groups is 2. The third kappa shape index (κ3) is 2.97. The minimum absolute atomic E-state index is 0.0428. The molecule has 1 aliphatic heterocycles. The molecule has 128 valence electrons. The van der Waals surface area contributed by atoms with E-state index in [2.05, 4.69) is 12.0 Å². The highest BCUT2D eigenvalue weighted by atomic mass is 16.3. The molecular formula is C18H23N3O3. The van der Waals surface area contributed by atoms with Crippen LogP contribution in [0.5, 0.6) is 0 Å². The molecule has 0 spiro atoms. The molecule has 0 radical (unpaired) electrons. The summed E-state index contributed by atoms with van der Waals surface area (Å²) in [4.78, 5) is 26.3. The van der Waals surface area contributed by atoms with Gasteiger partial charge in [0.25, 0.3) is 5.91 Å². The van der Waals surface area contributed by atoms with E-state index in [1.807, 2.05) is 17.0 Å². The van der Waals surface area contributed by atoms with E-state index < -0.39 is 0 Å². The minimum atomic E-state index is -0.0606. The zero-order valence-corrected chi connectivity index (χ0v) is 14.2. The Hall–Kier alpha value is -2.11. The van der Waals surface area contributed by atoms with Crippen molar-refractivity contribution in [2.75, 3.05) is 7.05 Å². The molecule has 2 atom stereocenters. The van der Waals surface area contributed by atoms with E-state index in [1.165, 1.54) is 11.4 Å². The Labute approximate surface area is 141 Å². The van der Waals surface area contributed by atoms with Crippen LogP contribution >= 0.6 is 0 Å². The third-order valence-corrected chi connectivity index (χ3v) is 5.19. The Kier molecular flexibility index (Phi) is 3.70. The normalized spacial score (nSPS) is 26.3. The molecule has 0 bridgehead atoms. The second-order valence-corrected chi connectivity index (χ2v) is 7.25. The number of furan rings is 1. The maximum absolute atomic E-state index is 12.9. The van der Waals surface area contributed by atoms with Gasteiger partial charge in [-0.05, 0) is 37.3 Å². The lowest BCUT2D eigenvalue weighted by atomic mass is 10.1. The van der Waals surface area contributed by atoms with E-state index in [-0.39, 0.29) is 17.9 Å². The van der Waals surface area contributed by atoms with Crippen molar-refractivity contribution >= 4 is 17.5 Å². The lowest BCUT2D eigenvalue weighted by Gasteiger charge is -2.25. The Morgan fingerprint density at radius 1 is 1.38 bits per heavy atom. The molecule has 2 saturated carbocycles. The Morgan fingerprint density at radius 3 is 2.75 bits per heavy atom. The molecule has 1 aromatic rings. The average molecular weight is 329 g/mol. The van der Waals surface area contributed by atoms with Crippen LogP contribution < -0.4 is 0 Å². The fraction of sp³-hybridized carbons (Fsp3) is 0.611. The SMILES string of the molecule is C[C@H]1C[C@H]1c1ccc(CN(C(=O)C2=NN(C)C(=O)CC2)C2CC2)o1. The summed E-state index contributed by atoms with van der Waals surface area (Å²) in [7, 11) is 1.60. The fourth-order valence-electron chi connectivity index (χ4n) is 3.31. The predicted molar refractivity (Wildman–Crippen MR) is 88.2 cm³/mol. The summed E-state index contributed by atoms with van der Waals surface area (Å²) in [5, 5.41) is 5.45. The molecule has 2 heterocycles. The minimum Gasteiger partial charge on any atom is -0.464 e. The van der Waals surface area contributed by atoms with Gasteiger partial charge in [0, 0.05) is 31.8 Å². The van der Waals surface area contributed by atoms with Crippen molar-refractivity contribution in [2.45, 2.75) is 57.5 Å². The van der Waals surface area contributed by atoms with Crippen LogP contribution in [-0.2, 0) is 16.1 Å². The zero-order valence-electron chi connectivity index (χ0n) is 14.2. The molecule has 2 aliphatic carbocycles. The number of carbonyl (C=O) groups excluding carboxylic acids is 2. The first kappa shape index (κ1) is 15.4. The van der Waals surface area contributed by atoms with Crippen LogP contribution in [0.1, 0.15) is 56.5 Å². The lowest BCUT2D eigenvalue weighted by Crippen LogP contribution is -2.41. The topological polar surface area (TPSA) is 66.1 Å². The van der Waals surface area contributed by atoms with Gasteiger partial charge >= 0.3 is 0 Å². The highest BCUT2D eigenvalue weighted by molar-refractivity contribution is 6.39. The molecule has 0 saturated heterocycles. The Morgan fingerprint density at radius 2 is 2.12 bits per heavy atom. The van der Waals surface area contributed by atoms with Crippen LogP contribution in [0.25, 0.3) is 0 Å². The van der Waals surface area contributed by atoms with E-state index >= 15 is 0 Å². The first-order chi connectivity index (χ1) is 11.5. The van der Waals surface area contributed by atoms with Gasteiger partial charge < -0.3 is 9.32 Å². The molecule has 0 N–H and O–H groups in total. The molecule has 1 aromatic heterocycles. The van der Waals surface area contributed by atoms with Crippen LogP contribution in [-0.4, -0.2) is 40.5 Å². The molecule has 6 nitrogen and oxygen atoms in total. The summed E-state index contributed by atoms with van der Waals surface area (Å²) >= 11 is 0. The van der Waals surface area contributed by atoms with Gasteiger partial charge in [-0.3, -0.25) is 9.59 Å². The summed E-state index contributed by atoms with van der Waals surface area (Å²) in [6.45, 7) is 2.72. The second kappa shape index (κ2) is 5.76. The van der Waals surface area contributed by atoms with E-state index in [4.69, 9.17) is 4.42 Å². The van der Waals surface area contributed by atoms with Crippen molar-refractivity contribution in [3.8, 4) is 0 Å². The standard InChI is InChI=1S/C18H23N3O3/c1-11-9-14(11)16-7-5-13(24-16)10-21(12-3-4-12)18(23)15-6-8-17(22)20(2)19-15/h5,7,11-12,14H,3-4,6,8-10H2,1-2H3/t11-,14+/m0/s1. The highest BCUT2D eigenvalue weighted by Gasteiger charge is 2.38. The Balaban J connectivity index is 1.48. The number of nitrogens with zero attached hydrogens (tertiary/aromatic N) is 3. The second-order valence-electron chi connectivity index (χ2n) is 7.25. The maximum atomic E-state index is 12.9. The first-order valence-electron chi connectivity index (χ1n) is 8.76. The quantitative estimate of drug-likeness (QED) is 0.833. The molecule has 2 fully saturated rings. The summed E-state index contributed by atoms with van der Waals surface area (Å²) < 4.78 is 5.96. The smallest absolute Gasteiger partial charge is 0.270 e. The molecule has 4 rings (SSSR count). The third-order valence-electron chi connectivity index (χ3n) is 5.19. The van der Waals surface area contributed by atoms with Gasteiger partial charge in [0.2, 0.25) is 5.91 Å². The average Bonchev–Trinajstić information content (AvgIpc) is 3.48. The van der Waals surface area contributed by atoms with Crippen LogP contribution in [0, 0.1) is 5.92 Å². The van der Waals surface area contributed by atoms with Crippen LogP contribution in [0.4, 0.5) is 0 Å². The van der Waals surface area contributed by atoms with Gasteiger partial charge in [0.15, 0.2) is 0 Å². The summed E-state index contributed by atoms with van der Waals surface area (Å²) in [5.41, 5.74) is 0.478. The van der Waals surface area contributed by atoms with Gasteiger partial charge in [0.05, 0.1) is 6.54 Å². The van der Waals surface area contributed by atoms with E-state index in [1.54, 1.807) is 7.05 Å². The molecule has 24 heavy (non-hydrogen) atoms. The summed E-state index contributed by atoms with van der Waals surface area (Å²) in [5.74, 6) is 3.03. The van der Waals surface area contributed by atoms with Gasteiger partial charge in [-0.2, -0.15) is 5.10 Å². The van der Waals surface area contributed by atoms with E-state index in [0.29, 0.717) is 36.9 Å². The van der Waals surface area contributed by atoms with Crippen LogP contribution in [0.15, 0.2) is 21.7 Å². The molecule has 6 heteroatoms. The van der Waals surface area contributed by atoms with Crippen molar-refractivity contribution in [3.05, 3.63) is 23.7 Å². The Bertz CT molecular complexity index is 704. The highest BCUT2D eigenvalue weighted by Crippen LogP contribution is 2.47. The lowest BCUT2D eigenvalue weighted by molar-refractivity contribution is -0.131. The van der Waals surface area contributed by atoms with Crippen molar-refractivity contribution in [3.63, 3.8) is 0 Å². The predicted octanol–water partition coefficient (Wildman–Crippen LogP) is 2.50.